The quantitative estimate of drug-likeness (QED) is 0.562. The summed E-state index contributed by atoms with van der Waals surface area (Å²) in [5, 5.41) is 0.852. The second kappa shape index (κ2) is 2.09. The van der Waals surface area contributed by atoms with E-state index in [0.29, 0.717) is 11.1 Å². The van der Waals surface area contributed by atoms with Gasteiger partial charge in [-0.25, -0.2) is 0 Å². The van der Waals surface area contributed by atoms with E-state index in [1.165, 1.54) is 0 Å². The molecule has 0 saturated carbocycles. The molecule has 0 N–H and O–H groups in total. The van der Waals surface area contributed by atoms with Crippen LogP contribution in [0.5, 0.6) is 0 Å². The van der Waals surface area contributed by atoms with Gasteiger partial charge in [0.15, 0.2) is 0 Å². The minimum absolute atomic E-state index is 0.480. The summed E-state index contributed by atoms with van der Waals surface area (Å²) in [6, 6.07) is 6.81. The zero-order chi connectivity index (χ0) is 7.84. The number of fused-ring (bicyclic) bond motifs is 1. The highest BCUT2D eigenvalue weighted by molar-refractivity contribution is 5.80. The van der Waals surface area contributed by atoms with Crippen molar-refractivity contribution in [3.63, 3.8) is 0 Å². The Balaban J connectivity index is 2.92. The van der Waals surface area contributed by atoms with E-state index in [1.54, 1.807) is 13.0 Å². The minimum Gasteiger partial charge on any atom is -0.431 e. The molecule has 0 unspecified atom stereocenters. The van der Waals surface area contributed by atoms with Gasteiger partial charge in [0, 0.05) is 10.9 Å². The van der Waals surface area contributed by atoms with E-state index in [9.17, 15) is 4.39 Å². The maximum atomic E-state index is 12.8. The molecule has 0 aliphatic heterocycles. The molecule has 0 bridgehead atoms. The number of benzene rings is 1. The van der Waals surface area contributed by atoms with Gasteiger partial charge in [0.05, 0.1) is 0 Å². The van der Waals surface area contributed by atoms with E-state index in [1.807, 2.05) is 18.2 Å². The van der Waals surface area contributed by atoms with Crippen LogP contribution in [-0.4, -0.2) is 0 Å². The molecule has 1 aromatic carbocycles. The molecule has 0 amide bonds. The van der Waals surface area contributed by atoms with Crippen molar-refractivity contribution < 1.29 is 8.81 Å². The number of furan rings is 1. The van der Waals surface area contributed by atoms with Crippen LogP contribution >= 0.6 is 0 Å². The van der Waals surface area contributed by atoms with E-state index < -0.39 is 6.01 Å². The van der Waals surface area contributed by atoms with Gasteiger partial charge in [-0.05, 0) is 13.0 Å². The summed E-state index contributed by atoms with van der Waals surface area (Å²) in [7, 11) is 0. The molecule has 2 aromatic rings. The highest BCUT2D eigenvalue weighted by Crippen LogP contribution is 2.22. The molecule has 0 aliphatic carbocycles. The Morgan fingerprint density at radius 3 is 2.73 bits per heavy atom. The Kier molecular flexibility index (Phi) is 1.22. The predicted octanol–water partition coefficient (Wildman–Crippen LogP) is 2.88. The first kappa shape index (κ1) is 6.40. The van der Waals surface area contributed by atoms with Crippen molar-refractivity contribution in [3.8, 4) is 0 Å². The van der Waals surface area contributed by atoms with Crippen LogP contribution in [0.25, 0.3) is 11.0 Å². The first-order chi connectivity index (χ1) is 5.29. The van der Waals surface area contributed by atoms with Crippen molar-refractivity contribution in [3.05, 3.63) is 35.8 Å². The third kappa shape index (κ3) is 0.827. The normalized spacial score (nSPS) is 10.7. The number of aryl methyl sites for hydroxylation is 1. The fourth-order valence-electron chi connectivity index (χ4n) is 1.14. The van der Waals surface area contributed by atoms with Crippen LogP contribution < -0.4 is 0 Å². The highest BCUT2D eigenvalue weighted by Gasteiger charge is 2.07. The molecule has 0 spiro atoms. The zero-order valence-electron chi connectivity index (χ0n) is 6.10. The van der Waals surface area contributed by atoms with Crippen LogP contribution in [0.1, 0.15) is 5.56 Å². The van der Waals surface area contributed by atoms with Crippen molar-refractivity contribution in [1.29, 1.82) is 0 Å². The molecule has 0 atom stereocenters. The molecule has 0 saturated heterocycles. The van der Waals surface area contributed by atoms with Crippen molar-refractivity contribution in [2.45, 2.75) is 6.92 Å². The standard InChI is InChI=1S/C9H7FO/c1-6-7-4-2-3-5-8(7)11-9(6)10/h2-5H,1H3. The second-order valence-corrected chi connectivity index (χ2v) is 2.50. The lowest BCUT2D eigenvalue weighted by Crippen LogP contribution is -1.69. The Bertz CT molecular complexity index is 389. The van der Waals surface area contributed by atoms with E-state index in [4.69, 9.17) is 4.42 Å². The maximum Gasteiger partial charge on any atom is 0.281 e. The molecule has 1 heterocycles. The van der Waals surface area contributed by atoms with Crippen LogP contribution in [0.2, 0.25) is 0 Å². The van der Waals surface area contributed by atoms with Crippen molar-refractivity contribution >= 4 is 11.0 Å². The molecule has 2 heteroatoms. The Labute approximate surface area is 63.4 Å². The molecule has 1 nitrogen and oxygen atoms in total. The van der Waals surface area contributed by atoms with Gasteiger partial charge in [-0.1, -0.05) is 18.2 Å². The summed E-state index contributed by atoms with van der Waals surface area (Å²) in [5.74, 6) is 0. The van der Waals surface area contributed by atoms with Gasteiger partial charge in [-0.15, -0.1) is 0 Å². The average Bonchev–Trinajstić information content (AvgIpc) is 2.30. The first-order valence-corrected chi connectivity index (χ1v) is 3.42. The number of rotatable bonds is 0. The summed E-state index contributed by atoms with van der Waals surface area (Å²) in [5.41, 5.74) is 1.20. The Morgan fingerprint density at radius 2 is 2.00 bits per heavy atom. The van der Waals surface area contributed by atoms with Crippen LogP contribution in [0.15, 0.2) is 28.7 Å². The SMILES string of the molecule is Cc1c(F)oc2ccccc12. The van der Waals surface area contributed by atoms with Gasteiger partial charge in [0.2, 0.25) is 0 Å². The summed E-state index contributed by atoms with van der Waals surface area (Å²) in [6.45, 7) is 1.71. The molecule has 56 valence electrons. The highest BCUT2D eigenvalue weighted by atomic mass is 19.1. The Morgan fingerprint density at radius 1 is 1.27 bits per heavy atom. The summed E-state index contributed by atoms with van der Waals surface area (Å²) in [6.07, 6.45) is 0. The largest absolute Gasteiger partial charge is 0.431 e. The van der Waals surface area contributed by atoms with Gasteiger partial charge >= 0.3 is 0 Å². The number of hydrogen-bond acceptors (Lipinski definition) is 1. The molecule has 0 radical (unpaired) electrons. The van der Waals surface area contributed by atoms with Gasteiger partial charge in [-0.3, -0.25) is 0 Å². The lowest BCUT2D eigenvalue weighted by Gasteiger charge is -1.84. The zero-order valence-corrected chi connectivity index (χ0v) is 6.10. The maximum absolute atomic E-state index is 12.8. The molecule has 2 rings (SSSR count). The fraction of sp³-hybridized carbons (Fsp3) is 0.111. The average molecular weight is 150 g/mol. The third-order valence-electron chi connectivity index (χ3n) is 1.79. The topological polar surface area (TPSA) is 13.1 Å². The molecule has 11 heavy (non-hydrogen) atoms. The van der Waals surface area contributed by atoms with E-state index in [2.05, 4.69) is 0 Å². The molecule has 0 fully saturated rings. The number of hydrogen-bond donors (Lipinski definition) is 0. The second-order valence-electron chi connectivity index (χ2n) is 2.50. The van der Waals surface area contributed by atoms with Crippen molar-refractivity contribution in [1.82, 2.24) is 0 Å². The predicted molar refractivity (Wildman–Crippen MR) is 40.9 cm³/mol. The van der Waals surface area contributed by atoms with E-state index in [0.717, 1.165) is 5.39 Å². The van der Waals surface area contributed by atoms with Crippen LogP contribution in [-0.2, 0) is 0 Å². The molecular formula is C9H7FO. The van der Waals surface area contributed by atoms with Gasteiger partial charge in [0.25, 0.3) is 6.01 Å². The lowest BCUT2D eigenvalue weighted by atomic mass is 10.2. The van der Waals surface area contributed by atoms with Gasteiger partial charge in [-0.2, -0.15) is 4.39 Å². The van der Waals surface area contributed by atoms with Crippen LogP contribution in [0.3, 0.4) is 0 Å². The Hall–Kier alpha value is -1.31. The minimum atomic E-state index is -0.480. The molecule has 1 aromatic heterocycles. The number of halogens is 1. The summed E-state index contributed by atoms with van der Waals surface area (Å²) < 4.78 is 17.6. The van der Waals surface area contributed by atoms with E-state index in [-0.39, 0.29) is 0 Å². The lowest BCUT2D eigenvalue weighted by molar-refractivity contribution is 0.376. The van der Waals surface area contributed by atoms with Gasteiger partial charge in [0.1, 0.15) is 5.58 Å². The molecular weight excluding hydrogens is 143 g/mol. The van der Waals surface area contributed by atoms with Crippen molar-refractivity contribution in [2.24, 2.45) is 0 Å². The third-order valence-corrected chi connectivity index (χ3v) is 1.79. The van der Waals surface area contributed by atoms with Crippen molar-refractivity contribution in [2.75, 3.05) is 0 Å². The van der Waals surface area contributed by atoms with Crippen LogP contribution in [0.4, 0.5) is 4.39 Å². The summed E-state index contributed by atoms with van der Waals surface area (Å²) >= 11 is 0. The molecule has 0 aliphatic rings. The summed E-state index contributed by atoms with van der Waals surface area (Å²) in [4.78, 5) is 0. The fourth-order valence-corrected chi connectivity index (χ4v) is 1.14. The van der Waals surface area contributed by atoms with Gasteiger partial charge < -0.3 is 4.42 Å². The monoisotopic (exact) mass is 150 g/mol. The van der Waals surface area contributed by atoms with E-state index >= 15 is 0 Å². The number of para-hydroxylation sites is 1. The smallest absolute Gasteiger partial charge is 0.281 e. The van der Waals surface area contributed by atoms with Crippen LogP contribution in [0, 0.1) is 12.9 Å². The first-order valence-electron chi connectivity index (χ1n) is 3.42.